The summed E-state index contributed by atoms with van der Waals surface area (Å²) in [4.78, 5) is 2.48. The van der Waals surface area contributed by atoms with Crippen molar-refractivity contribution in [2.24, 2.45) is 7.05 Å². The van der Waals surface area contributed by atoms with E-state index in [2.05, 4.69) is 16.9 Å². The number of nitrogens with zero attached hydrogens (tertiary/aromatic N) is 4. The number of hydrogen-bond donors (Lipinski definition) is 1. The number of anilines is 1. The number of nitrogens with two attached hydrogens (primary N) is 1. The highest BCUT2D eigenvalue weighted by atomic mass is 32.2. The second kappa shape index (κ2) is 5.94. The summed E-state index contributed by atoms with van der Waals surface area (Å²) in [6, 6.07) is 0.0248. The minimum absolute atomic E-state index is 0.0248. The van der Waals surface area contributed by atoms with E-state index in [9.17, 15) is 8.42 Å². The first-order valence-electron chi connectivity index (χ1n) is 7.28. The summed E-state index contributed by atoms with van der Waals surface area (Å²) in [5.74, 6) is 0.0767. The minimum atomic E-state index is -3.60. The molecule has 1 saturated heterocycles. The molecule has 2 N–H and O–H groups in total. The van der Waals surface area contributed by atoms with Crippen LogP contribution in [0.4, 0.5) is 5.82 Å². The fourth-order valence-electron chi connectivity index (χ4n) is 2.87. The maximum atomic E-state index is 12.8. The third kappa shape index (κ3) is 2.93. The molecule has 120 valence electrons. The van der Waals surface area contributed by atoms with Gasteiger partial charge in [0, 0.05) is 20.1 Å². The molecular formula is C13H25N5O2S. The van der Waals surface area contributed by atoms with Crippen molar-refractivity contribution in [1.82, 2.24) is 19.0 Å². The molecule has 21 heavy (non-hydrogen) atoms. The average molecular weight is 315 g/mol. The Morgan fingerprint density at radius 1 is 1.38 bits per heavy atom. The summed E-state index contributed by atoms with van der Waals surface area (Å²) in [5.41, 5.74) is 6.37. The summed E-state index contributed by atoms with van der Waals surface area (Å²) >= 11 is 0. The Morgan fingerprint density at radius 2 is 1.95 bits per heavy atom. The van der Waals surface area contributed by atoms with E-state index in [-0.39, 0.29) is 16.8 Å². The summed E-state index contributed by atoms with van der Waals surface area (Å²) in [5, 5.41) is 4.01. The standard InChI is InChI=1S/C13H25N5O2S/c1-5-18-8-6-11(7-9-18)17(4)21(19,20)12-10(2)16(3)15-13(12)14/h11H,5-9H2,1-4H3,(H2,14,15). The van der Waals surface area contributed by atoms with Crippen molar-refractivity contribution in [2.75, 3.05) is 32.4 Å². The number of hydrogen-bond acceptors (Lipinski definition) is 5. The van der Waals surface area contributed by atoms with Crippen LogP contribution in [0, 0.1) is 6.92 Å². The Bertz CT molecular complexity index is 602. The van der Waals surface area contributed by atoms with E-state index in [4.69, 9.17) is 5.73 Å². The van der Waals surface area contributed by atoms with Crippen LogP contribution in [-0.4, -0.2) is 60.1 Å². The highest BCUT2D eigenvalue weighted by Gasteiger charge is 2.34. The minimum Gasteiger partial charge on any atom is -0.381 e. The van der Waals surface area contributed by atoms with Gasteiger partial charge in [0.15, 0.2) is 5.82 Å². The lowest BCUT2D eigenvalue weighted by molar-refractivity contribution is 0.176. The molecule has 8 heteroatoms. The number of rotatable bonds is 4. The Morgan fingerprint density at radius 3 is 2.38 bits per heavy atom. The summed E-state index contributed by atoms with van der Waals surface area (Å²) in [7, 11) is -0.252. The molecule has 2 rings (SSSR count). The lowest BCUT2D eigenvalue weighted by Gasteiger charge is -2.35. The van der Waals surface area contributed by atoms with Crippen LogP contribution in [0.5, 0.6) is 0 Å². The largest absolute Gasteiger partial charge is 0.381 e. The van der Waals surface area contributed by atoms with Gasteiger partial charge in [0.1, 0.15) is 4.90 Å². The third-order valence-electron chi connectivity index (χ3n) is 4.46. The van der Waals surface area contributed by atoms with Crippen molar-refractivity contribution in [2.45, 2.75) is 37.6 Å². The van der Waals surface area contributed by atoms with Gasteiger partial charge in [0.2, 0.25) is 10.0 Å². The number of aryl methyl sites for hydroxylation is 1. The van der Waals surface area contributed by atoms with Gasteiger partial charge in [-0.2, -0.15) is 9.40 Å². The second-order valence-electron chi connectivity index (χ2n) is 5.61. The molecule has 1 aromatic rings. The first kappa shape index (κ1) is 16.3. The maximum absolute atomic E-state index is 12.8. The van der Waals surface area contributed by atoms with Crippen LogP contribution in [0.3, 0.4) is 0 Å². The van der Waals surface area contributed by atoms with Crippen molar-refractivity contribution in [1.29, 1.82) is 0 Å². The lowest BCUT2D eigenvalue weighted by atomic mass is 10.1. The van der Waals surface area contributed by atoms with E-state index >= 15 is 0 Å². The molecule has 0 amide bonds. The normalized spacial score (nSPS) is 18.5. The van der Waals surface area contributed by atoms with E-state index in [0.717, 1.165) is 32.5 Å². The molecule has 0 spiro atoms. The summed E-state index contributed by atoms with van der Waals surface area (Å²) < 4.78 is 28.6. The molecule has 0 bridgehead atoms. The zero-order chi connectivity index (χ0) is 15.8. The van der Waals surface area contributed by atoms with Gasteiger partial charge in [0.25, 0.3) is 0 Å². The molecule has 2 heterocycles. The third-order valence-corrected chi connectivity index (χ3v) is 6.54. The van der Waals surface area contributed by atoms with Gasteiger partial charge in [-0.05, 0) is 39.4 Å². The monoisotopic (exact) mass is 315 g/mol. The quantitative estimate of drug-likeness (QED) is 0.870. The average Bonchev–Trinajstić information content (AvgIpc) is 2.71. The van der Waals surface area contributed by atoms with E-state index in [1.54, 1.807) is 21.0 Å². The maximum Gasteiger partial charge on any atom is 0.248 e. The van der Waals surface area contributed by atoms with Crippen LogP contribution in [-0.2, 0) is 17.1 Å². The van der Waals surface area contributed by atoms with Crippen molar-refractivity contribution in [3.05, 3.63) is 5.69 Å². The molecule has 0 aromatic carbocycles. The molecule has 1 aromatic heterocycles. The van der Waals surface area contributed by atoms with Gasteiger partial charge in [-0.3, -0.25) is 4.68 Å². The molecule has 0 unspecified atom stereocenters. The second-order valence-corrected chi connectivity index (χ2v) is 7.54. The topological polar surface area (TPSA) is 84.5 Å². The smallest absolute Gasteiger partial charge is 0.248 e. The van der Waals surface area contributed by atoms with Gasteiger partial charge in [-0.15, -0.1) is 0 Å². The summed E-state index contributed by atoms with van der Waals surface area (Å²) in [6.45, 7) is 6.73. The molecule has 0 aliphatic carbocycles. The first-order chi connectivity index (χ1) is 9.78. The van der Waals surface area contributed by atoms with E-state index in [0.29, 0.717) is 5.69 Å². The Labute approximate surface area is 126 Å². The predicted molar refractivity (Wildman–Crippen MR) is 82.4 cm³/mol. The highest BCUT2D eigenvalue weighted by Crippen LogP contribution is 2.28. The lowest BCUT2D eigenvalue weighted by Crippen LogP contribution is -2.45. The SMILES string of the molecule is CCN1CCC(N(C)S(=O)(=O)c2c(N)nn(C)c2C)CC1. The molecule has 1 aliphatic heterocycles. The van der Waals surface area contributed by atoms with Gasteiger partial charge in [0.05, 0.1) is 5.69 Å². The van der Waals surface area contributed by atoms with Crippen LogP contribution >= 0.6 is 0 Å². The fourth-order valence-corrected chi connectivity index (χ4v) is 4.57. The van der Waals surface area contributed by atoms with Crippen molar-refractivity contribution in [3.8, 4) is 0 Å². The van der Waals surface area contributed by atoms with Gasteiger partial charge >= 0.3 is 0 Å². The van der Waals surface area contributed by atoms with Crippen LogP contribution in [0.15, 0.2) is 4.90 Å². The van der Waals surface area contributed by atoms with Gasteiger partial charge < -0.3 is 10.6 Å². The van der Waals surface area contributed by atoms with Crippen molar-refractivity contribution in [3.63, 3.8) is 0 Å². The van der Waals surface area contributed by atoms with Crippen molar-refractivity contribution < 1.29 is 8.42 Å². The predicted octanol–water partition coefficient (Wildman–Crippen LogP) is 0.416. The number of likely N-dealkylation sites (tertiary alicyclic amines) is 1. The number of aromatic nitrogens is 2. The van der Waals surface area contributed by atoms with Gasteiger partial charge in [-0.1, -0.05) is 6.92 Å². The fraction of sp³-hybridized carbons (Fsp3) is 0.769. The molecule has 0 radical (unpaired) electrons. The molecule has 0 atom stereocenters. The van der Waals surface area contributed by atoms with Gasteiger partial charge in [-0.25, -0.2) is 8.42 Å². The number of sulfonamides is 1. The molecule has 0 saturated carbocycles. The number of nitrogen functional groups attached to an aromatic ring is 1. The molecule has 7 nitrogen and oxygen atoms in total. The Balaban J connectivity index is 2.24. The van der Waals surface area contributed by atoms with E-state index < -0.39 is 10.0 Å². The highest BCUT2D eigenvalue weighted by molar-refractivity contribution is 7.89. The molecular weight excluding hydrogens is 290 g/mol. The van der Waals surface area contributed by atoms with E-state index in [1.165, 1.54) is 8.99 Å². The Hall–Kier alpha value is -1.12. The van der Waals surface area contributed by atoms with Crippen LogP contribution in [0.2, 0.25) is 0 Å². The molecule has 1 fully saturated rings. The van der Waals surface area contributed by atoms with Crippen LogP contribution in [0.1, 0.15) is 25.5 Å². The van der Waals surface area contributed by atoms with E-state index in [1.807, 2.05) is 0 Å². The number of piperidine rings is 1. The molecule has 1 aliphatic rings. The zero-order valence-electron chi connectivity index (χ0n) is 13.2. The Kier molecular flexibility index (Phi) is 4.60. The zero-order valence-corrected chi connectivity index (χ0v) is 14.0. The van der Waals surface area contributed by atoms with Crippen LogP contribution in [0.25, 0.3) is 0 Å². The van der Waals surface area contributed by atoms with Crippen LogP contribution < -0.4 is 5.73 Å². The van der Waals surface area contributed by atoms with Crippen molar-refractivity contribution >= 4 is 15.8 Å². The first-order valence-corrected chi connectivity index (χ1v) is 8.72. The summed E-state index contributed by atoms with van der Waals surface area (Å²) in [6.07, 6.45) is 1.70.